The van der Waals surface area contributed by atoms with Crippen LogP contribution in [0.5, 0.6) is 0 Å². The molecule has 0 fully saturated rings. The Kier molecular flexibility index (Phi) is 3.93. The van der Waals surface area contributed by atoms with Gasteiger partial charge in [-0.15, -0.1) is 0 Å². The summed E-state index contributed by atoms with van der Waals surface area (Å²) < 4.78 is 8.21. The second-order valence-electron chi connectivity index (χ2n) is 4.77. The minimum absolute atomic E-state index is 0.0367. The Hall–Kier alpha value is -2.58. The van der Waals surface area contributed by atoms with Gasteiger partial charge in [-0.1, -0.05) is 11.6 Å². The van der Waals surface area contributed by atoms with E-state index in [1.807, 2.05) is 0 Å². The van der Waals surface area contributed by atoms with Crippen LogP contribution >= 0.6 is 23.3 Å². The molecule has 0 unspecified atom stereocenters. The third-order valence-corrected chi connectivity index (χ3v) is 4.13. The zero-order valence-corrected chi connectivity index (χ0v) is 13.3. The molecule has 23 heavy (non-hydrogen) atoms. The average molecular weight is 349 g/mol. The van der Waals surface area contributed by atoms with Gasteiger partial charge >= 0.3 is 0 Å². The van der Waals surface area contributed by atoms with E-state index in [1.165, 1.54) is 18.2 Å². The van der Waals surface area contributed by atoms with Crippen molar-refractivity contribution in [2.75, 3.05) is 5.32 Å². The second-order valence-corrected chi connectivity index (χ2v) is 5.70. The number of nitro groups is 1. The van der Waals surface area contributed by atoms with Crippen molar-refractivity contribution < 1.29 is 9.72 Å². The smallest absolute Gasteiger partial charge is 0.272 e. The number of nitrogens with one attached hydrogen (secondary N) is 1. The van der Waals surface area contributed by atoms with E-state index in [4.69, 9.17) is 11.6 Å². The van der Waals surface area contributed by atoms with Crippen molar-refractivity contribution >= 4 is 51.6 Å². The van der Waals surface area contributed by atoms with E-state index < -0.39 is 10.8 Å². The van der Waals surface area contributed by atoms with Crippen molar-refractivity contribution in [3.8, 4) is 0 Å². The summed E-state index contributed by atoms with van der Waals surface area (Å²) >= 11 is 7.14. The quantitative estimate of drug-likeness (QED) is 0.573. The first-order valence-corrected chi connectivity index (χ1v) is 7.55. The number of hydrogen-bond donors (Lipinski definition) is 1. The molecule has 0 bridgehead atoms. The number of carbonyl (C=O) groups excluding carboxylic acids is 1. The summed E-state index contributed by atoms with van der Waals surface area (Å²) in [6.45, 7) is 1.58. The van der Waals surface area contributed by atoms with Gasteiger partial charge in [-0.05, 0) is 31.2 Å². The van der Waals surface area contributed by atoms with Crippen LogP contribution in [-0.4, -0.2) is 19.6 Å². The molecule has 7 nitrogen and oxygen atoms in total. The summed E-state index contributed by atoms with van der Waals surface area (Å²) in [5, 5.41) is 13.9. The Morgan fingerprint density at radius 2 is 2.09 bits per heavy atom. The van der Waals surface area contributed by atoms with Gasteiger partial charge in [-0.2, -0.15) is 8.75 Å². The average Bonchev–Trinajstić information content (AvgIpc) is 2.98. The van der Waals surface area contributed by atoms with Crippen molar-refractivity contribution in [2.24, 2.45) is 0 Å². The van der Waals surface area contributed by atoms with Crippen LogP contribution < -0.4 is 5.32 Å². The maximum absolute atomic E-state index is 12.4. The number of halogens is 1. The summed E-state index contributed by atoms with van der Waals surface area (Å²) in [6, 6.07) is 7.50. The number of benzene rings is 2. The minimum Gasteiger partial charge on any atom is -0.319 e. The topological polar surface area (TPSA) is 98.0 Å². The molecule has 1 aromatic heterocycles. The Labute approximate surface area is 139 Å². The van der Waals surface area contributed by atoms with Gasteiger partial charge in [0.15, 0.2) is 0 Å². The van der Waals surface area contributed by atoms with Crippen molar-refractivity contribution in [3.63, 3.8) is 0 Å². The molecule has 1 heterocycles. The second kappa shape index (κ2) is 5.90. The van der Waals surface area contributed by atoms with E-state index in [1.54, 1.807) is 19.1 Å². The van der Waals surface area contributed by atoms with E-state index in [0.717, 1.165) is 11.7 Å². The molecule has 9 heteroatoms. The van der Waals surface area contributed by atoms with Crippen LogP contribution in [0.1, 0.15) is 15.9 Å². The third-order valence-electron chi connectivity index (χ3n) is 3.27. The SMILES string of the molecule is Cc1cc(C(=O)Nc2c(Cl)ccc3nsnc23)ccc1[N+](=O)[O-]. The van der Waals surface area contributed by atoms with Gasteiger partial charge in [0, 0.05) is 17.2 Å². The zero-order chi connectivity index (χ0) is 16.6. The predicted octanol–water partition coefficient (Wildman–Crippen LogP) is 3.81. The van der Waals surface area contributed by atoms with Crippen LogP contribution in [0.3, 0.4) is 0 Å². The number of nitrogens with zero attached hydrogens (tertiary/aromatic N) is 3. The van der Waals surface area contributed by atoms with E-state index in [2.05, 4.69) is 14.1 Å². The molecule has 0 aliphatic carbocycles. The molecule has 0 aliphatic heterocycles. The van der Waals surface area contributed by atoms with Crippen LogP contribution in [0.4, 0.5) is 11.4 Å². The number of amides is 1. The lowest BCUT2D eigenvalue weighted by molar-refractivity contribution is -0.385. The lowest BCUT2D eigenvalue weighted by atomic mass is 10.1. The van der Waals surface area contributed by atoms with Crippen molar-refractivity contribution in [1.29, 1.82) is 0 Å². The number of aryl methyl sites for hydroxylation is 1. The Morgan fingerprint density at radius 1 is 1.30 bits per heavy atom. The predicted molar refractivity (Wildman–Crippen MR) is 88.2 cm³/mol. The molecule has 1 amide bonds. The standard InChI is InChI=1S/C14H9ClN4O3S/c1-7-6-8(2-5-11(7)19(21)22)14(20)16-12-9(15)3-4-10-13(12)18-23-17-10/h2-6H,1H3,(H,16,20). The fourth-order valence-electron chi connectivity index (χ4n) is 2.13. The molecular weight excluding hydrogens is 340 g/mol. The van der Waals surface area contributed by atoms with Crippen LogP contribution in [0.15, 0.2) is 30.3 Å². The van der Waals surface area contributed by atoms with Crippen molar-refractivity contribution in [3.05, 3.63) is 56.6 Å². The number of hydrogen-bond acceptors (Lipinski definition) is 6. The number of fused-ring (bicyclic) bond motifs is 1. The Bertz CT molecular complexity index is 941. The lowest BCUT2D eigenvalue weighted by Gasteiger charge is -2.08. The summed E-state index contributed by atoms with van der Waals surface area (Å²) in [7, 11) is 0. The summed E-state index contributed by atoms with van der Waals surface area (Å²) in [6.07, 6.45) is 0. The number of rotatable bonds is 3. The van der Waals surface area contributed by atoms with E-state index in [9.17, 15) is 14.9 Å². The maximum Gasteiger partial charge on any atom is 0.272 e. The van der Waals surface area contributed by atoms with Gasteiger partial charge in [0.1, 0.15) is 11.0 Å². The molecule has 0 saturated carbocycles. The first-order chi connectivity index (χ1) is 11.0. The first kappa shape index (κ1) is 15.3. The van der Waals surface area contributed by atoms with Crippen molar-refractivity contribution in [2.45, 2.75) is 6.92 Å². The largest absolute Gasteiger partial charge is 0.319 e. The van der Waals surface area contributed by atoms with Crippen LogP contribution in [-0.2, 0) is 0 Å². The molecule has 0 radical (unpaired) electrons. The maximum atomic E-state index is 12.4. The van der Waals surface area contributed by atoms with Gasteiger partial charge in [-0.3, -0.25) is 14.9 Å². The highest BCUT2D eigenvalue weighted by atomic mass is 35.5. The Morgan fingerprint density at radius 3 is 2.78 bits per heavy atom. The molecule has 0 saturated heterocycles. The molecule has 116 valence electrons. The molecular formula is C14H9ClN4O3S. The van der Waals surface area contributed by atoms with Crippen molar-refractivity contribution in [1.82, 2.24) is 8.75 Å². The van der Waals surface area contributed by atoms with Crippen LogP contribution in [0, 0.1) is 17.0 Å². The van der Waals surface area contributed by atoms with Crippen LogP contribution in [0.2, 0.25) is 5.02 Å². The lowest BCUT2D eigenvalue weighted by Crippen LogP contribution is -2.13. The number of aromatic nitrogens is 2. The summed E-state index contributed by atoms with van der Waals surface area (Å²) in [5.74, 6) is -0.426. The van der Waals surface area contributed by atoms with Gasteiger partial charge in [-0.25, -0.2) is 0 Å². The summed E-state index contributed by atoms with van der Waals surface area (Å²) in [5.41, 5.74) is 2.18. The Balaban J connectivity index is 1.95. The van der Waals surface area contributed by atoms with E-state index in [-0.39, 0.29) is 5.69 Å². The van der Waals surface area contributed by atoms with Gasteiger partial charge in [0.2, 0.25) is 0 Å². The highest BCUT2D eigenvalue weighted by molar-refractivity contribution is 7.00. The number of anilines is 1. The zero-order valence-electron chi connectivity index (χ0n) is 11.7. The molecule has 3 aromatic rings. The minimum atomic E-state index is -0.491. The molecule has 0 spiro atoms. The van der Waals surface area contributed by atoms with Gasteiger partial charge < -0.3 is 5.32 Å². The highest BCUT2D eigenvalue weighted by Crippen LogP contribution is 2.30. The van der Waals surface area contributed by atoms with Gasteiger partial charge in [0.25, 0.3) is 11.6 Å². The third kappa shape index (κ3) is 2.86. The van der Waals surface area contributed by atoms with E-state index >= 15 is 0 Å². The number of nitro benzene ring substituents is 1. The fraction of sp³-hybridized carbons (Fsp3) is 0.0714. The fourth-order valence-corrected chi connectivity index (χ4v) is 2.88. The summed E-state index contributed by atoms with van der Waals surface area (Å²) in [4.78, 5) is 22.7. The molecule has 0 atom stereocenters. The molecule has 2 aromatic carbocycles. The normalized spacial score (nSPS) is 10.7. The van der Waals surface area contributed by atoms with E-state index in [0.29, 0.717) is 32.9 Å². The number of carbonyl (C=O) groups is 1. The first-order valence-electron chi connectivity index (χ1n) is 6.44. The highest BCUT2D eigenvalue weighted by Gasteiger charge is 2.17. The van der Waals surface area contributed by atoms with Crippen LogP contribution in [0.25, 0.3) is 11.0 Å². The molecule has 1 N–H and O–H groups in total. The monoisotopic (exact) mass is 348 g/mol. The molecule has 3 rings (SSSR count). The van der Waals surface area contributed by atoms with Gasteiger partial charge in [0.05, 0.1) is 27.4 Å². The molecule has 0 aliphatic rings.